The van der Waals surface area contributed by atoms with Gasteiger partial charge in [0.05, 0.1) is 21.6 Å². The second-order valence-electron chi connectivity index (χ2n) is 7.78. The van der Waals surface area contributed by atoms with Gasteiger partial charge >= 0.3 is 0 Å². The summed E-state index contributed by atoms with van der Waals surface area (Å²) in [5.41, 5.74) is 1.62. The number of amides is 1. The maximum atomic E-state index is 12.6. The van der Waals surface area contributed by atoms with Crippen molar-refractivity contribution in [3.05, 3.63) is 88.9 Å². The number of hydrogen-bond acceptors (Lipinski definition) is 4. The third-order valence-electron chi connectivity index (χ3n) is 4.74. The Hall–Kier alpha value is -3.03. The summed E-state index contributed by atoms with van der Waals surface area (Å²) in [4.78, 5) is 12.8. The molecule has 0 bridgehead atoms. The van der Waals surface area contributed by atoms with Gasteiger partial charge in [-0.2, -0.15) is 0 Å². The van der Waals surface area contributed by atoms with E-state index in [1.165, 1.54) is 30.3 Å². The van der Waals surface area contributed by atoms with Gasteiger partial charge in [-0.05, 0) is 74.7 Å². The molecular weight excluding hydrogens is 460 g/mol. The first-order valence-corrected chi connectivity index (χ1v) is 12.5. The molecule has 3 rings (SSSR count). The number of aryl methyl sites for hydroxylation is 1. The summed E-state index contributed by atoms with van der Waals surface area (Å²) < 4.78 is 33.2. The average molecular weight is 487 g/mol. The Balaban J connectivity index is 1.55. The molecule has 0 radical (unpaired) electrons. The third-order valence-corrected chi connectivity index (χ3v) is 6.47. The van der Waals surface area contributed by atoms with Crippen LogP contribution in [0.2, 0.25) is 5.02 Å². The molecule has 1 amide bonds. The molecule has 3 aromatic carbocycles. The number of benzene rings is 3. The summed E-state index contributed by atoms with van der Waals surface area (Å²) in [5, 5.41) is 3.09. The average Bonchev–Trinajstić information content (AvgIpc) is 2.79. The third kappa shape index (κ3) is 7.23. The molecule has 0 saturated carbocycles. The second kappa shape index (κ2) is 11.2. The van der Waals surface area contributed by atoms with E-state index in [4.69, 9.17) is 16.3 Å². The zero-order chi connectivity index (χ0) is 23.8. The van der Waals surface area contributed by atoms with Crippen LogP contribution in [0.3, 0.4) is 0 Å². The number of rotatable bonds is 10. The van der Waals surface area contributed by atoms with E-state index < -0.39 is 10.0 Å². The quantitative estimate of drug-likeness (QED) is 0.381. The molecule has 6 nitrogen and oxygen atoms in total. The maximum absolute atomic E-state index is 12.6. The van der Waals surface area contributed by atoms with Crippen LogP contribution in [0.4, 0.5) is 5.69 Å². The van der Waals surface area contributed by atoms with Crippen LogP contribution in [0.25, 0.3) is 0 Å². The van der Waals surface area contributed by atoms with Crippen molar-refractivity contribution in [3.8, 4) is 5.75 Å². The van der Waals surface area contributed by atoms with Gasteiger partial charge in [0.15, 0.2) is 0 Å². The molecule has 0 aliphatic heterocycles. The van der Waals surface area contributed by atoms with Crippen LogP contribution in [0.5, 0.6) is 5.75 Å². The van der Waals surface area contributed by atoms with E-state index in [2.05, 4.69) is 10.0 Å². The van der Waals surface area contributed by atoms with E-state index in [1.54, 1.807) is 18.2 Å². The number of ether oxygens (including phenoxy) is 1. The van der Waals surface area contributed by atoms with Crippen molar-refractivity contribution in [2.24, 2.45) is 0 Å². The van der Waals surface area contributed by atoms with Crippen molar-refractivity contribution in [1.82, 2.24) is 5.32 Å². The first kappa shape index (κ1) is 24.6. The van der Waals surface area contributed by atoms with Crippen LogP contribution in [0.1, 0.15) is 36.2 Å². The molecule has 174 valence electrons. The van der Waals surface area contributed by atoms with E-state index in [-0.39, 0.29) is 33.2 Å². The summed E-state index contributed by atoms with van der Waals surface area (Å²) in [6, 6.07) is 20.4. The highest BCUT2D eigenvalue weighted by atomic mass is 35.5. The topological polar surface area (TPSA) is 84.5 Å². The molecule has 0 unspecified atom stereocenters. The number of hydrogen-bond donors (Lipinski definition) is 2. The van der Waals surface area contributed by atoms with Crippen molar-refractivity contribution in [2.75, 3.05) is 11.3 Å². The number of sulfonamides is 1. The lowest BCUT2D eigenvalue weighted by molar-refractivity contribution is 0.0953. The maximum Gasteiger partial charge on any atom is 0.261 e. The molecule has 0 saturated heterocycles. The first-order valence-electron chi connectivity index (χ1n) is 10.7. The highest BCUT2D eigenvalue weighted by Gasteiger charge is 2.16. The van der Waals surface area contributed by atoms with Gasteiger partial charge in [0, 0.05) is 12.2 Å². The van der Waals surface area contributed by atoms with Gasteiger partial charge in [-0.1, -0.05) is 41.9 Å². The fourth-order valence-corrected chi connectivity index (χ4v) is 4.45. The van der Waals surface area contributed by atoms with Crippen molar-refractivity contribution < 1.29 is 17.9 Å². The Morgan fingerprint density at radius 1 is 1.00 bits per heavy atom. The Labute approximate surface area is 200 Å². The minimum atomic E-state index is -3.76. The second-order valence-corrected chi connectivity index (χ2v) is 9.87. The number of carbonyl (C=O) groups excluding carboxylic acids is 1. The zero-order valence-corrected chi connectivity index (χ0v) is 20.1. The molecule has 0 atom stereocenters. The molecule has 0 fully saturated rings. The lowest BCUT2D eigenvalue weighted by Gasteiger charge is -2.12. The number of nitrogens with one attached hydrogen (secondary N) is 2. The molecule has 0 spiro atoms. The van der Waals surface area contributed by atoms with Crippen LogP contribution in [0.15, 0.2) is 77.7 Å². The predicted octanol–water partition coefficient (Wildman–Crippen LogP) is 5.29. The van der Waals surface area contributed by atoms with Crippen LogP contribution in [-0.4, -0.2) is 27.0 Å². The Morgan fingerprint density at radius 3 is 2.36 bits per heavy atom. The molecule has 0 heterocycles. The largest absolute Gasteiger partial charge is 0.491 e. The van der Waals surface area contributed by atoms with Gasteiger partial charge in [-0.3, -0.25) is 9.52 Å². The normalized spacial score (nSPS) is 11.3. The van der Waals surface area contributed by atoms with Crippen LogP contribution in [-0.2, 0) is 16.4 Å². The molecular formula is C25H27ClN2O4S. The highest BCUT2D eigenvalue weighted by Crippen LogP contribution is 2.23. The van der Waals surface area contributed by atoms with Gasteiger partial charge in [0.1, 0.15) is 5.75 Å². The fraction of sp³-hybridized carbons (Fsp3) is 0.240. The van der Waals surface area contributed by atoms with E-state index in [0.29, 0.717) is 6.54 Å². The lowest BCUT2D eigenvalue weighted by atomic mass is 10.1. The van der Waals surface area contributed by atoms with E-state index in [9.17, 15) is 13.2 Å². The molecule has 2 N–H and O–H groups in total. The monoisotopic (exact) mass is 486 g/mol. The number of anilines is 1. The smallest absolute Gasteiger partial charge is 0.261 e. The highest BCUT2D eigenvalue weighted by molar-refractivity contribution is 7.92. The van der Waals surface area contributed by atoms with Gasteiger partial charge in [0.2, 0.25) is 0 Å². The minimum Gasteiger partial charge on any atom is -0.491 e. The first-order chi connectivity index (χ1) is 15.7. The standard InChI is InChI=1S/C25H27ClN2O4S/c1-18(2)32-21-13-10-19(11-14-21)7-6-16-27-25(29)23-17-20(12-15-24(23)26)28-33(30,31)22-8-4-3-5-9-22/h3-5,8-15,17-18,28H,6-7,16H2,1-2H3,(H,27,29). The zero-order valence-electron chi connectivity index (χ0n) is 18.5. The predicted molar refractivity (Wildman–Crippen MR) is 132 cm³/mol. The number of carbonyl (C=O) groups is 1. The van der Waals surface area contributed by atoms with Crippen molar-refractivity contribution in [1.29, 1.82) is 0 Å². The van der Waals surface area contributed by atoms with Crippen molar-refractivity contribution in [3.63, 3.8) is 0 Å². The van der Waals surface area contributed by atoms with Crippen LogP contribution in [0, 0.1) is 0 Å². The molecule has 0 aromatic heterocycles. The van der Waals surface area contributed by atoms with Gasteiger partial charge in [-0.15, -0.1) is 0 Å². The van der Waals surface area contributed by atoms with Crippen LogP contribution < -0.4 is 14.8 Å². The Bertz CT molecular complexity index is 1180. The summed E-state index contributed by atoms with van der Waals surface area (Å²) in [7, 11) is -3.76. The minimum absolute atomic E-state index is 0.130. The van der Waals surface area contributed by atoms with E-state index >= 15 is 0 Å². The summed E-state index contributed by atoms with van der Waals surface area (Å²) in [5.74, 6) is 0.473. The van der Waals surface area contributed by atoms with Gasteiger partial charge < -0.3 is 10.1 Å². The lowest BCUT2D eigenvalue weighted by Crippen LogP contribution is -2.25. The molecule has 3 aromatic rings. The Kier molecular flexibility index (Phi) is 8.36. The van der Waals surface area contributed by atoms with Crippen molar-refractivity contribution >= 4 is 33.2 Å². The van der Waals surface area contributed by atoms with E-state index in [1.807, 2.05) is 38.1 Å². The SMILES string of the molecule is CC(C)Oc1ccc(CCCNC(=O)c2cc(NS(=O)(=O)c3ccccc3)ccc2Cl)cc1. The summed E-state index contributed by atoms with van der Waals surface area (Å²) >= 11 is 6.19. The molecule has 0 aliphatic carbocycles. The van der Waals surface area contributed by atoms with Crippen molar-refractivity contribution in [2.45, 2.75) is 37.7 Å². The van der Waals surface area contributed by atoms with Crippen LogP contribution >= 0.6 is 11.6 Å². The fourth-order valence-electron chi connectivity index (χ4n) is 3.17. The summed E-state index contributed by atoms with van der Waals surface area (Å²) in [6.07, 6.45) is 1.67. The molecule has 8 heteroatoms. The Morgan fingerprint density at radius 2 is 1.70 bits per heavy atom. The molecule has 0 aliphatic rings. The number of halogens is 1. The van der Waals surface area contributed by atoms with Gasteiger partial charge in [-0.25, -0.2) is 8.42 Å². The summed E-state index contributed by atoms with van der Waals surface area (Å²) in [6.45, 7) is 4.42. The van der Waals surface area contributed by atoms with E-state index in [0.717, 1.165) is 24.2 Å². The van der Waals surface area contributed by atoms with Gasteiger partial charge in [0.25, 0.3) is 15.9 Å². The molecule has 33 heavy (non-hydrogen) atoms.